The van der Waals surface area contributed by atoms with Crippen LogP contribution in [0.5, 0.6) is 0 Å². The summed E-state index contributed by atoms with van der Waals surface area (Å²) in [6.45, 7) is 3.16. The third-order valence-corrected chi connectivity index (χ3v) is 8.32. The van der Waals surface area contributed by atoms with Crippen molar-refractivity contribution in [3.63, 3.8) is 0 Å². The van der Waals surface area contributed by atoms with Crippen LogP contribution in [0.25, 0.3) is 0 Å². The van der Waals surface area contributed by atoms with E-state index < -0.39 is 10.0 Å². The van der Waals surface area contributed by atoms with Crippen LogP contribution in [-0.4, -0.2) is 62.9 Å². The first-order valence-corrected chi connectivity index (χ1v) is 12.1. The van der Waals surface area contributed by atoms with Crippen LogP contribution < -0.4 is 5.32 Å². The third-order valence-electron chi connectivity index (χ3n) is 5.07. The summed E-state index contributed by atoms with van der Waals surface area (Å²) in [7, 11) is -3.66. The molecule has 0 atom stereocenters. The zero-order valence-electron chi connectivity index (χ0n) is 15.8. The molecule has 2 aliphatic heterocycles. The Bertz CT molecular complexity index is 1000. The van der Waals surface area contributed by atoms with Crippen LogP contribution in [0.3, 0.4) is 0 Å². The van der Waals surface area contributed by atoms with Gasteiger partial charge in [0.25, 0.3) is 0 Å². The lowest BCUT2D eigenvalue weighted by Gasteiger charge is -2.27. The van der Waals surface area contributed by atoms with Crippen molar-refractivity contribution in [2.24, 2.45) is 0 Å². The summed E-state index contributed by atoms with van der Waals surface area (Å²) in [6.07, 6.45) is 0.939. The maximum absolute atomic E-state index is 12.9. The molecule has 1 N–H and O–H groups in total. The summed E-state index contributed by atoms with van der Waals surface area (Å²) < 4.78 is 32.3. The van der Waals surface area contributed by atoms with Gasteiger partial charge in [-0.25, -0.2) is 8.42 Å². The van der Waals surface area contributed by atoms with Gasteiger partial charge in [-0.1, -0.05) is 11.6 Å². The Morgan fingerprint density at radius 3 is 2.79 bits per heavy atom. The predicted molar refractivity (Wildman–Crippen MR) is 113 cm³/mol. The number of carbonyl (C=O) groups excluding carboxylic acids is 1. The number of carbonyl (C=O) groups is 1. The van der Waals surface area contributed by atoms with Crippen molar-refractivity contribution in [3.8, 4) is 0 Å². The van der Waals surface area contributed by atoms with Crippen LogP contribution in [-0.2, 0) is 32.5 Å². The van der Waals surface area contributed by atoms with Crippen molar-refractivity contribution in [2.45, 2.75) is 17.9 Å². The average Bonchev–Trinajstić information content (AvgIpc) is 3.18. The molecule has 29 heavy (non-hydrogen) atoms. The molecule has 7 nitrogen and oxygen atoms in total. The van der Waals surface area contributed by atoms with Gasteiger partial charge in [-0.2, -0.15) is 4.31 Å². The fraction of sp³-hybridized carbons (Fsp3) is 0.421. The number of rotatable bonds is 5. The fourth-order valence-corrected chi connectivity index (χ4v) is 6.02. The molecule has 1 saturated heterocycles. The van der Waals surface area contributed by atoms with E-state index >= 15 is 0 Å². The van der Waals surface area contributed by atoms with Gasteiger partial charge in [0.05, 0.1) is 35.4 Å². The molecule has 4 rings (SSSR count). The zero-order chi connectivity index (χ0) is 20.4. The van der Waals surface area contributed by atoms with Crippen molar-refractivity contribution in [1.29, 1.82) is 0 Å². The van der Waals surface area contributed by atoms with Crippen LogP contribution in [0.1, 0.15) is 10.4 Å². The number of hydrogen-bond donors (Lipinski definition) is 1. The van der Waals surface area contributed by atoms with E-state index in [4.69, 9.17) is 16.3 Å². The summed E-state index contributed by atoms with van der Waals surface area (Å²) in [4.78, 5) is 16.1. The molecule has 0 saturated carbocycles. The molecule has 10 heteroatoms. The molecule has 0 unspecified atom stereocenters. The van der Waals surface area contributed by atoms with Gasteiger partial charge in [0.15, 0.2) is 0 Å². The maximum Gasteiger partial charge on any atom is 0.243 e. The second kappa shape index (κ2) is 8.71. The summed E-state index contributed by atoms with van der Waals surface area (Å²) in [5.74, 6) is -0.216. The van der Waals surface area contributed by atoms with E-state index in [9.17, 15) is 13.2 Å². The smallest absolute Gasteiger partial charge is 0.243 e. The number of nitrogens with one attached hydrogen (secondary N) is 1. The van der Waals surface area contributed by atoms with Crippen molar-refractivity contribution in [2.75, 3.05) is 44.7 Å². The van der Waals surface area contributed by atoms with Crippen molar-refractivity contribution < 1.29 is 17.9 Å². The number of anilines is 1. The maximum atomic E-state index is 12.9. The van der Waals surface area contributed by atoms with Gasteiger partial charge >= 0.3 is 0 Å². The topological polar surface area (TPSA) is 79.0 Å². The number of benzene rings is 1. The van der Waals surface area contributed by atoms with Crippen molar-refractivity contribution in [3.05, 3.63) is 45.1 Å². The van der Waals surface area contributed by atoms with Crippen LogP contribution in [0.2, 0.25) is 5.02 Å². The molecule has 2 aliphatic rings. The second-order valence-corrected chi connectivity index (χ2v) is 10.4. The van der Waals surface area contributed by atoms with Gasteiger partial charge in [0, 0.05) is 31.1 Å². The molecule has 0 bridgehead atoms. The molecule has 0 radical (unpaired) electrons. The Kier molecular flexibility index (Phi) is 6.24. The number of hydrogen-bond acceptors (Lipinski definition) is 6. The monoisotopic (exact) mass is 455 g/mol. The first-order valence-electron chi connectivity index (χ1n) is 9.38. The number of morpholine rings is 1. The lowest BCUT2D eigenvalue weighted by Crippen LogP contribution is -2.40. The van der Waals surface area contributed by atoms with Gasteiger partial charge in [0.1, 0.15) is 0 Å². The Balaban J connectivity index is 1.44. The molecule has 3 heterocycles. The molecule has 1 aromatic carbocycles. The average molecular weight is 456 g/mol. The standard InChI is InChI=1S/C19H22ClN3O4S2/c20-16-2-1-15(29(25,26)23-6-8-27-9-7-23)11-17(16)21-19(24)13-22-5-3-18-14(12-22)4-10-28-18/h1-2,4,10-11H,3,5-9,12-13H2,(H,21,24). The molecule has 1 aromatic heterocycles. The first kappa shape index (κ1) is 20.8. The number of amides is 1. The van der Waals surface area contributed by atoms with Gasteiger partial charge in [-0.05, 0) is 41.6 Å². The minimum atomic E-state index is -3.66. The van der Waals surface area contributed by atoms with E-state index in [1.165, 1.54) is 32.9 Å². The highest BCUT2D eigenvalue weighted by atomic mass is 35.5. The lowest BCUT2D eigenvalue weighted by molar-refractivity contribution is -0.117. The third kappa shape index (κ3) is 4.65. The lowest BCUT2D eigenvalue weighted by atomic mass is 10.1. The van der Waals surface area contributed by atoms with Gasteiger partial charge in [-0.15, -0.1) is 11.3 Å². The number of sulfonamides is 1. The van der Waals surface area contributed by atoms with Crippen molar-refractivity contribution >= 4 is 44.6 Å². The van der Waals surface area contributed by atoms with E-state index in [-0.39, 0.29) is 17.3 Å². The largest absolute Gasteiger partial charge is 0.379 e. The molecular formula is C19H22ClN3O4S2. The van der Waals surface area contributed by atoms with Crippen LogP contribution in [0, 0.1) is 0 Å². The molecule has 1 amide bonds. The summed E-state index contributed by atoms with van der Waals surface area (Å²) in [5, 5.41) is 5.15. The van der Waals surface area contributed by atoms with Crippen LogP contribution in [0.15, 0.2) is 34.5 Å². The van der Waals surface area contributed by atoms with E-state index in [2.05, 4.69) is 21.7 Å². The minimum absolute atomic E-state index is 0.111. The zero-order valence-corrected chi connectivity index (χ0v) is 18.2. The van der Waals surface area contributed by atoms with Crippen molar-refractivity contribution in [1.82, 2.24) is 9.21 Å². The first-order chi connectivity index (χ1) is 13.9. The highest BCUT2D eigenvalue weighted by molar-refractivity contribution is 7.89. The summed E-state index contributed by atoms with van der Waals surface area (Å²) in [6, 6.07) is 6.49. The number of fused-ring (bicyclic) bond motifs is 1. The fourth-order valence-electron chi connectivity index (χ4n) is 3.53. The molecular weight excluding hydrogens is 434 g/mol. The number of ether oxygens (including phenoxy) is 1. The van der Waals surface area contributed by atoms with Crippen LogP contribution >= 0.6 is 22.9 Å². The van der Waals surface area contributed by atoms with E-state index in [1.54, 1.807) is 11.3 Å². The number of thiophene rings is 1. The highest BCUT2D eigenvalue weighted by Gasteiger charge is 2.27. The van der Waals surface area contributed by atoms with E-state index in [0.717, 1.165) is 19.5 Å². The van der Waals surface area contributed by atoms with Gasteiger partial charge in [-0.3, -0.25) is 9.69 Å². The molecule has 2 aromatic rings. The Labute approximate surface area is 179 Å². The quantitative estimate of drug-likeness (QED) is 0.749. The second-order valence-electron chi connectivity index (χ2n) is 7.04. The van der Waals surface area contributed by atoms with Crippen LogP contribution in [0.4, 0.5) is 5.69 Å². The predicted octanol–water partition coefficient (Wildman–Crippen LogP) is 2.42. The normalized spacial score (nSPS) is 18.4. The Morgan fingerprint density at radius 2 is 2.00 bits per heavy atom. The summed E-state index contributed by atoms with van der Waals surface area (Å²) in [5.41, 5.74) is 1.57. The Morgan fingerprint density at radius 1 is 1.21 bits per heavy atom. The molecule has 156 valence electrons. The minimum Gasteiger partial charge on any atom is -0.379 e. The van der Waals surface area contributed by atoms with E-state index in [0.29, 0.717) is 37.0 Å². The number of halogens is 1. The Hall–Kier alpha value is -1.49. The van der Waals surface area contributed by atoms with E-state index in [1.807, 2.05) is 0 Å². The number of nitrogens with zero attached hydrogens (tertiary/aromatic N) is 2. The molecule has 0 aliphatic carbocycles. The SMILES string of the molecule is O=C(CN1CCc2sccc2C1)Nc1cc(S(=O)(=O)N2CCOCC2)ccc1Cl. The van der Waals surface area contributed by atoms with Gasteiger partial charge < -0.3 is 10.1 Å². The van der Waals surface area contributed by atoms with Gasteiger partial charge in [0.2, 0.25) is 15.9 Å². The highest BCUT2D eigenvalue weighted by Crippen LogP contribution is 2.28. The molecule has 0 spiro atoms. The summed E-state index contributed by atoms with van der Waals surface area (Å²) >= 11 is 7.97. The molecule has 1 fully saturated rings.